The van der Waals surface area contributed by atoms with E-state index < -0.39 is 22.6 Å². The second kappa shape index (κ2) is 9.86. The lowest BCUT2D eigenvalue weighted by Gasteiger charge is -2.20. The van der Waals surface area contributed by atoms with Crippen LogP contribution in [0.25, 0.3) is 16.6 Å². The Morgan fingerprint density at radius 2 is 1.84 bits per heavy atom. The summed E-state index contributed by atoms with van der Waals surface area (Å²) in [6.07, 6.45) is 1.85. The molecule has 4 aromatic rings. The highest BCUT2D eigenvalue weighted by molar-refractivity contribution is 14.1. The summed E-state index contributed by atoms with van der Waals surface area (Å²) in [6.45, 7) is 3.27. The van der Waals surface area contributed by atoms with E-state index in [1.54, 1.807) is 37.3 Å². The van der Waals surface area contributed by atoms with E-state index in [0.717, 1.165) is 17.4 Å². The summed E-state index contributed by atoms with van der Waals surface area (Å²) in [5, 5.41) is 5.90. The van der Waals surface area contributed by atoms with Gasteiger partial charge in [-0.3, -0.25) is 28.1 Å². The van der Waals surface area contributed by atoms with Crippen molar-refractivity contribution in [3.8, 4) is 5.69 Å². The second-order valence-electron chi connectivity index (χ2n) is 9.28. The smallest absolute Gasteiger partial charge is 0.336 e. The number of amides is 1. The lowest BCUT2D eigenvalue weighted by Crippen LogP contribution is -2.41. The molecule has 0 atom stereocenters. The number of carbonyl (C=O) groups is 1. The number of hydrogen-bond donors (Lipinski definition) is 2. The first-order chi connectivity index (χ1) is 18.1. The highest BCUT2D eigenvalue weighted by Gasteiger charge is 2.26. The third-order valence-corrected chi connectivity index (χ3v) is 7.35. The summed E-state index contributed by atoms with van der Waals surface area (Å²) < 4.78 is 19.0. The van der Waals surface area contributed by atoms with E-state index >= 15 is 0 Å². The average molecular weight is 629 g/mol. The van der Waals surface area contributed by atoms with Gasteiger partial charge in [-0.25, -0.2) is 9.18 Å². The lowest BCUT2D eigenvalue weighted by atomic mass is 10.1. The van der Waals surface area contributed by atoms with Crippen LogP contribution in [0, 0.1) is 16.3 Å². The molecule has 2 N–H and O–H groups in total. The SMILES string of the molecule is CCn1c(=O)c2c(Nc3ccc(I)cc3F)n(C)c(=O)c(C)c2n(-c2cccc(C(=O)NC3CC3)c2)c1=O. The zero-order valence-corrected chi connectivity index (χ0v) is 23.1. The van der Waals surface area contributed by atoms with Crippen LogP contribution in [0.5, 0.6) is 0 Å². The molecule has 0 saturated heterocycles. The van der Waals surface area contributed by atoms with Gasteiger partial charge in [-0.15, -0.1) is 0 Å². The van der Waals surface area contributed by atoms with Crippen LogP contribution in [-0.4, -0.2) is 25.7 Å². The van der Waals surface area contributed by atoms with Gasteiger partial charge in [0.25, 0.3) is 17.0 Å². The number of pyridine rings is 1. The molecule has 1 aliphatic rings. The van der Waals surface area contributed by atoms with Crippen molar-refractivity contribution >= 4 is 50.9 Å². The molecule has 1 fully saturated rings. The van der Waals surface area contributed by atoms with E-state index in [4.69, 9.17) is 0 Å². The van der Waals surface area contributed by atoms with Gasteiger partial charge >= 0.3 is 5.69 Å². The monoisotopic (exact) mass is 629 g/mol. The molecule has 0 spiro atoms. The van der Waals surface area contributed by atoms with Crippen LogP contribution in [-0.2, 0) is 13.6 Å². The number of aryl methyl sites for hydroxylation is 1. The van der Waals surface area contributed by atoms with Crippen LogP contribution >= 0.6 is 22.6 Å². The average Bonchev–Trinajstić information content (AvgIpc) is 3.71. The number of hydrogen-bond acceptors (Lipinski definition) is 5. The molecule has 2 aromatic heterocycles. The Labute approximate surface area is 230 Å². The molecule has 1 amide bonds. The quantitative estimate of drug-likeness (QED) is 0.318. The van der Waals surface area contributed by atoms with Gasteiger partial charge in [0.1, 0.15) is 17.0 Å². The predicted molar refractivity (Wildman–Crippen MR) is 152 cm³/mol. The highest BCUT2D eigenvalue weighted by Crippen LogP contribution is 2.27. The lowest BCUT2D eigenvalue weighted by molar-refractivity contribution is 0.0951. The maximum absolute atomic E-state index is 14.8. The molecule has 196 valence electrons. The first-order valence-electron chi connectivity index (χ1n) is 12.1. The van der Waals surface area contributed by atoms with Gasteiger partial charge in [0.15, 0.2) is 0 Å². The van der Waals surface area contributed by atoms with Crippen LogP contribution in [0.3, 0.4) is 0 Å². The normalized spacial score (nSPS) is 13.1. The summed E-state index contributed by atoms with van der Waals surface area (Å²) in [5.41, 5.74) is -0.703. The molecule has 1 saturated carbocycles. The fourth-order valence-corrected chi connectivity index (χ4v) is 4.96. The Bertz CT molecular complexity index is 1800. The topological polar surface area (TPSA) is 107 Å². The van der Waals surface area contributed by atoms with E-state index in [1.165, 1.54) is 35.2 Å². The summed E-state index contributed by atoms with van der Waals surface area (Å²) >= 11 is 1.99. The molecule has 0 radical (unpaired) electrons. The molecule has 5 rings (SSSR count). The molecule has 2 aromatic carbocycles. The largest absolute Gasteiger partial charge is 0.349 e. The molecular formula is C27H25FIN5O4. The maximum atomic E-state index is 14.8. The third-order valence-electron chi connectivity index (χ3n) is 6.67. The number of anilines is 2. The van der Waals surface area contributed by atoms with Crippen LogP contribution in [0.1, 0.15) is 35.7 Å². The van der Waals surface area contributed by atoms with E-state index in [2.05, 4.69) is 10.6 Å². The predicted octanol–water partition coefficient (Wildman–Crippen LogP) is 3.56. The van der Waals surface area contributed by atoms with Gasteiger partial charge in [-0.05, 0) is 85.7 Å². The molecule has 1 aliphatic carbocycles. The van der Waals surface area contributed by atoms with Crippen LogP contribution in [0.2, 0.25) is 0 Å². The molecule has 0 aliphatic heterocycles. The molecule has 9 nitrogen and oxygen atoms in total. The number of nitrogens with one attached hydrogen (secondary N) is 2. The first kappa shape index (κ1) is 25.9. The Kier molecular flexibility index (Phi) is 6.72. The van der Waals surface area contributed by atoms with Crippen LogP contribution in [0.4, 0.5) is 15.9 Å². The van der Waals surface area contributed by atoms with Gasteiger partial charge in [0, 0.05) is 34.3 Å². The van der Waals surface area contributed by atoms with Crippen molar-refractivity contribution in [3.63, 3.8) is 0 Å². The van der Waals surface area contributed by atoms with Gasteiger partial charge in [-0.1, -0.05) is 6.07 Å². The van der Waals surface area contributed by atoms with Crippen molar-refractivity contribution < 1.29 is 9.18 Å². The Morgan fingerprint density at radius 3 is 2.50 bits per heavy atom. The number of halogens is 2. The van der Waals surface area contributed by atoms with Crippen molar-refractivity contribution in [2.24, 2.45) is 7.05 Å². The van der Waals surface area contributed by atoms with E-state index in [-0.39, 0.29) is 46.5 Å². The van der Waals surface area contributed by atoms with Crippen molar-refractivity contribution in [2.75, 3.05) is 5.32 Å². The summed E-state index contributed by atoms with van der Waals surface area (Å²) in [7, 11) is 1.48. The number of rotatable bonds is 6. The summed E-state index contributed by atoms with van der Waals surface area (Å²) in [6, 6.07) is 11.2. The number of benzene rings is 2. The van der Waals surface area contributed by atoms with E-state index in [9.17, 15) is 23.6 Å². The molecular weight excluding hydrogens is 604 g/mol. The highest BCUT2D eigenvalue weighted by atomic mass is 127. The zero-order chi connectivity index (χ0) is 27.3. The molecule has 2 heterocycles. The Balaban J connectivity index is 1.83. The Morgan fingerprint density at radius 1 is 1.11 bits per heavy atom. The minimum absolute atomic E-state index is 0.0526. The standard InChI is InChI=1S/C27H25FIN5O4/c1-4-33-26(37)21-22(14(2)25(36)32(3)23(21)31-20-11-8-16(29)13-19(20)28)34(27(33)38)18-7-5-6-15(12-18)24(35)30-17-9-10-17/h5-8,11-13,17,31H,4,9-10H2,1-3H3,(H,30,35). The molecule has 11 heteroatoms. The fourth-order valence-electron chi connectivity index (χ4n) is 4.51. The third kappa shape index (κ3) is 4.44. The van der Waals surface area contributed by atoms with E-state index in [1.807, 2.05) is 22.6 Å². The van der Waals surface area contributed by atoms with Crippen molar-refractivity contribution in [2.45, 2.75) is 39.3 Å². The zero-order valence-electron chi connectivity index (χ0n) is 21.0. The van der Waals surface area contributed by atoms with Crippen molar-refractivity contribution in [3.05, 3.63) is 94.2 Å². The second-order valence-corrected chi connectivity index (χ2v) is 10.5. The fraction of sp³-hybridized carbons (Fsp3) is 0.259. The summed E-state index contributed by atoms with van der Waals surface area (Å²) in [4.78, 5) is 53.4. The van der Waals surface area contributed by atoms with Gasteiger partial charge < -0.3 is 10.6 Å². The van der Waals surface area contributed by atoms with E-state index in [0.29, 0.717) is 14.8 Å². The van der Waals surface area contributed by atoms with Gasteiger partial charge in [-0.2, -0.15) is 0 Å². The van der Waals surface area contributed by atoms with Crippen molar-refractivity contribution in [1.29, 1.82) is 0 Å². The maximum Gasteiger partial charge on any atom is 0.336 e. The van der Waals surface area contributed by atoms with Gasteiger partial charge in [0.2, 0.25) is 0 Å². The first-order valence-corrected chi connectivity index (χ1v) is 13.2. The minimum atomic E-state index is -0.646. The van der Waals surface area contributed by atoms with Gasteiger partial charge in [0.05, 0.1) is 16.9 Å². The number of fused-ring (bicyclic) bond motifs is 1. The Hall–Kier alpha value is -3.74. The van der Waals surface area contributed by atoms with Crippen LogP contribution < -0.4 is 27.4 Å². The molecule has 0 bridgehead atoms. The molecule has 0 unspecified atom stereocenters. The summed E-state index contributed by atoms with van der Waals surface area (Å²) in [5.74, 6) is -0.768. The minimum Gasteiger partial charge on any atom is -0.349 e. The number of carbonyl (C=O) groups excluding carboxylic acids is 1. The van der Waals surface area contributed by atoms with Crippen LogP contribution in [0.15, 0.2) is 56.8 Å². The number of aromatic nitrogens is 3. The number of nitrogens with zero attached hydrogens (tertiary/aromatic N) is 3. The molecule has 38 heavy (non-hydrogen) atoms. The van der Waals surface area contributed by atoms with Crippen molar-refractivity contribution in [1.82, 2.24) is 19.0 Å².